The predicted octanol–water partition coefficient (Wildman–Crippen LogP) is 6.61. The number of β-lactam (4-membered cyclic amide) rings is 1. The van der Waals surface area contributed by atoms with Crippen molar-refractivity contribution in [3.05, 3.63) is 117 Å². The maximum Gasteiger partial charge on any atom is 0.353 e. The Kier molecular flexibility index (Phi) is 9.43. The standard InChI is InChI=1S/C40H35NO10S/c1-21-16-25(47-3)9-12-27(21)36-28-11-8-24(43)18-31(28)51-32-19-26(10-13-29(32)36)50-20-23-7-14-30(33(17-23)48-4)49-15-5-6-34-37(40(45)46)41-38(44)35(22(2)42)39(41)52-34/h5-14,16-19,22,35,39,42H,15,20H2,1-4H3,(H,45,46)/b6-5+/t22-,35+,39-/m1/s1. The highest BCUT2D eigenvalue weighted by Crippen LogP contribution is 2.50. The van der Waals surface area contributed by atoms with Gasteiger partial charge in [-0.15, -0.1) is 0 Å². The maximum absolute atomic E-state index is 12.4. The van der Waals surface area contributed by atoms with Gasteiger partial charge in [-0.3, -0.25) is 14.5 Å². The Labute approximate surface area is 303 Å². The van der Waals surface area contributed by atoms with Crippen molar-refractivity contribution in [1.82, 2.24) is 4.90 Å². The molecule has 1 saturated heterocycles. The van der Waals surface area contributed by atoms with E-state index in [1.807, 2.05) is 55.5 Å². The number of amides is 1. The summed E-state index contributed by atoms with van der Waals surface area (Å²) in [6.07, 6.45) is 2.42. The van der Waals surface area contributed by atoms with E-state index in [0.717, 1.165) is 39.0 Å². The fourth-order valence-electron chi connectivity index (χ4n) is 6.58. The Bertz CT molecular complexity index is 2310. The first kappa shape index (κ1) is 34.7. The second kappa shape index (κ2) is 14.1. The van der Waals surface area contributed by atoms with Crippen LogP contribution in [0.5, 0.6) is 23.0 Å². The monoisotopic (exact) mass is 721 g/mol. The van der Waals surface area contributed by atoms with Gasteiger partial charge < -0.3 is 33.6 Å². The lowest BCUT2D eigenvalue weighted by molar-refractivity contribution is -0.156. The third-order valence-electron chi connectivity index (χ3n) is 9.13. The largest absolute Gasteiger partial charge is 0.497 e. The predicted molar refractivity (Wildman–Crippen MR) is 196 cm³/mol. The highest BCUT2D eigenvalue weighted by atomic mass is 32.2. The van der Waals surface area contributed by atoms with Crippen LogP contribution in [0.1, 0.15) is 18.1 Å². The van der Waals surface area contributed by atoms with E-state index in [0.29, 0.717) is 33.5 Å². The molecule has 7 rings (SSSR count). The van der Waals surface area contributed by atoms with E-state index in [2.05, 4.69) is 0 Å². The highest BCUT2D eigenvalue weighted by Gasteiger charge is 2.57. The number of hydrogen-bond acceptors (Lipinski definition) is 10. The first-order chi connectivity index (χ1) is 25.1. The minimum absolute atomic E-state index is 0.0899. The minimum atomic E-state index is -1.20. The number of thioether (sulfide) groups is 1. The van der Waals surface area contributed by atoms with Gasteiger partial charge in [0, 0.05) is 33.6 Å². The topological polar surface area (TPSA) is 145 Å². The second-order valence-corrected chi connectivity index (χ2v) is 13.6. The first-order valence-corrected chi connectivity index (χ1v) is 17.4. The zero-order valence-corrected chi connectivity index (χ0v) is 29.6. The summed E-state index contributed by atoms with van der Waals surface area (Å²) >= 11 is 1.24. The summed E-state index contributed by atoms with van der Waals surface area (Å²) in [4.78, 5) is 38.3. The van der Waals surface area contributed by atoms with E-state index < -0.39 is 29.3 Å². The molecule has 1 amide bonds. The normalized spacial score (nSPS) is 17.4. The minimum Gasteiger partial charge on any atom is -0.497 e. The van der Waals surface area contributed by atoms with E-state index in [4.69, 9.17) is 23.4 Å². The average Bonchev–Trinajstić information content (AvgIpc) is 3.45. The molecular formula is C40H35NO10S. The molecule has 1 aliphatic carbocycles. The van der Waals surface area contributed by atoms with E-state index in [-0.39, 0.29) is 24.3 Å². The molecular weight excluding hydrogens is 687 g/mol. The number of carboxylic acid groups (broad SMARTS) is 1. The second-order valence-electron chi connectivity index (χ2n) is 12.5. The number of rotatable bonds is 12. The van der Waals surface area contributed by atoms with Crippen LogP contribution < -0.4 is 24.4 Å². The number of aryl methyl sites for hydroxylation is 1. The van der Waals surface area contributed by atoms with Crippen molar-refractivity contribution in [2.45, 2.75) is 31.9 Å². The number of methoxy groups -OCH3 is 2. The lowest BCUT2D eigenvalue weighted by Gasteiger charge is -2.43. The fraction of sp³-hybridized carbons (Fsp3) is 0.225. The van der Waals surface area contributed by atoms with Crippen LogP contribution in [0.3, 0.4) is 0 Å². The molecule has 0 unspecified atom stereocenters. The lowest BCUT2D eigenvalue weighted by Crippen LogP contribution is -2.60. The molecule has 4 aliphatic rings. The molecule has 0 aromatic heterocycles. The smallest absolute Gasteiger partial charge is 0.353 e. The molecule has 0 saturated carbocycles. The number of carbonyl (C=O) groups is 2. The van der Waals surface area contributed by atoms with Gasteiger partial charge in [0.15, 0.2) is 16.9 Å². The Morgan fingerprint density at radius 2 is 1.73 bits per heavy atom. The van der Waals surface area contributed by atoms with Gasteiger partial charge in [-0.2, -0.15) is 0 Å². The molecule has 3 aliphatic heterocycles. The van der Waals surface area contributed by atoms with Crippen LogP contribution in [0.25, 0.3) is 33.4 Å². The van der Waals surface area contributed by atoms with Gasteiger partial charge in [-0.1, -0.05) is 23.9 Å². The molecule has 0 radical (unpaired) electrons. The summed E-state index contributed by atoms with van der Waals surface area (Å²) in [5, 5.41) is 20.1. The highest BCUT2D eigenvalue weighted by molar-refractivity contribution is 8.04. The zero-order valence-electron chi connectivity index (χ0n) is 28.7. The van der Waals surface area contributed by atoms with Crippen LogP contribution in [0.15, 0.2) is 105 Å². The molecule has 52 heavy (non-hydrogen) atoms. The van der Waals surface area contributed by atoms with Crippen molar-refractivity contribution in [2.75, 3.05) is 20.8 Å². The molecule has 3 atom stereocenters. The van der Waals surface area contributed by atoms with E-state index in [1.54, 1.807) is 31.4 Å². The number of ether oxygens (including phenoxy) is 4. The van der Waals surface area contributed by atoms with Crippen LogP contribution in [0.4, 0.5) is 0 Å². The van der Waals surface area contributed by atoms with Crippen LogP contribution >= 0.6 is 11.8 Å². The fourth-order valence-corrected chi connectivity index (χ4v) is 8.12. The molecule has 1 fully saturated rings. The Balaban J connectivity index is 1.06. The number of aliphatic hydroxyl groups is 1. The van der Waals surface area contributed by atoms with Crippen LogP contribution in [0, 0.1) is 12.8 Å². The molecule has 3 aromatic carbocycles. The number of carbonyl (C=O) groups excluding carboxylic acids is 1. The number of aliphatic hydroxyl groups excluding tert-OH is 1. The quantitative estimate of drug-likeness (QED) is 0.106. The molecule has 11 nitrogen and oxygen atoms in total. The number of aliphatic carboxylic acids is 1. The number of hydrogen-bond donors (Lipinski definition) is 2. The van der Waals surface area contributed by atoms with Gasteiger partial charge >= 0.3 is 5.97 Å². The number of nitrogens with zero attached hydrogens (tertiary/aromatic N) is 1. The van der Waals surface area contributed by atoms with E-state index in [1.165, 1.54) is 42.8 Å². The van der Waals surface area contributed by atoms with Crippen molar-refractivity contribution in [3.63, 3.8) is 0 Å². The molecule has 0 spiro atoms. The van der Waals surface area contributed by atoms with E-state index in [9.17, 15) is 24.6 Å². The maximum atomic E-state index is 12.4. The Morgan fingerprint density at radius 1 is 0.942 bits per heavy atom. The number of allylic oxidation sites excluding steroid dienone is 1. The lowest BCUT2D eigenvalue weighted by atomic mass is 9.91. The number of fused-ring (bicyclic) bond motifs is 3. The van der Waals surface area contributed by atoms with Crippen molar-refractivity contribution < 1.29 is 43.2 Å². The van der Waals surface area contributed by atoms with Gasteiger partial charge in [0.05, 0.1) is 26.2 Å². The number of carboxylic acids is 1. The molecule has 3 heterocycles. The van der Waals surface area contributed by atoms with Crippen molar-refractivity contribution in [2.24, 2.45) is 5.92 Å². The van der Waals surface area contributed by atoms with Gasteiger partial charge in [-0.05, 0) is 91.2 Å². The molecule has 3 aromatic rings. The van der Waals surface area contributed by atoms with Crippen molar-refractivity contribution in [1.29, 1.82) is 0 Å². The molecule has 266 valence electrons. The van der Waals surface area contributed by atoms with Gasteiger partial charge in [0.1, 0.15) is 47.1 Å². The summed E-state index contributed by atoms with van der Waals surface area (Å²) in [5.74, 6) is 0.529. The third-order valence-corrected chi connectivity index (χ3v) is 10.5. The Hall–Kier alpha value is -5.72. The summed E-state index contributed by atoms with van der Waals surface area (Å²) in [6.45, 7) is 3.88. The molecule has 0 bridgehead atoms. The van der Waals surface area contributed by atoms with Crippen LogP contribution in [0.2, 0.25) is 0 Å². The summed E-state index contributed by atoms with van der Waals surface area (Å²) in [5.41, 5.74) is 4.93. The summed E-state index contributed by atoms with van der Waals surface area (Å²) < 4.78 is 29.3. The van der Waals surface area contributed by atoms with Gasteiger partial charge in [0.2, 0.25) is 5.91 Å². The number of benzene rings is 4. The zero-order chi connectivity index (χ0) is 36.7. The molecule has 12 heteroatoms. The first-order valence-electron chi connectivity index (χ1n) is 16.5. The van der Waals surface area contributed by atoms with Crippen LogP contribution in [-0.4, -0.2) is 59.3 Å². The van der Waals surface area contributed by atoms with Gasteiger partial charge in [-0.25, -0.2) is 4.79 Å². The Morgan fingerprint density at radius 3 is 2.46 bits per heavy atom. The molecule has 2 N–H and O–H groups in total. The average molecular weight is 722 g/mol. The van der Waals surface area contributed by atoms with Gasteiger partial charge in [0.25, 0.3) is 0 Å². The summed E-state index contributed by atoms with van der Waals surface area (Å²) in [7, 11) is 3.17. The SMILES string of the molecule is COc1ccc(-c2c3ccc(=O)cc-3oc3cc(OCc4ccc(OC/C=C/C5=C(C(=O)O)N6C(=O)[C@H]([C@@H](C)O)[C@H]6S5)c(OC)c4)ccc23)c(C)c1. The van der Waals surface area contributed by atoms with Crippen molar-refractivity contribution >= 4 is 34.6 Å². The van der Waals surface area contributed by atoms with Crippen molar-refractivity contribution in [3.8, 4) is 45.4 Å². The van der Waals surface area contributed by atoms with E-state index >= 15 is 0 Å². The van der Waals surface area contributed by atoms with Crippen LogP contribution in [-0.2, 0) is 16.2 Å². The third kappa shape index (κ3) is 6.35. The summed E-state index contributed by atoms with van der Waals surface area (Å²) in [6, 6.07) is 21.8.